The maximum atomic E-state index is 12.0. The second-order valence-corrected chi connectivity index (χ2v) is 6.70. The van der Waals surface area contributed by atoms with E-state index in [4.69, 9.17) is 4.74 Å². The van der Waals surface area contributed by atoms with Crippen molar-refractivity contribution >= 4 is 21.6 Å². The van der Waals surface area contributed by atoms with Crippen LogP contribution in [0.15, 0.2) is 29.2 Å². The molecule has 1 saturated heterocycles. The number of amides is 1. The van der Waals surface area contributed by atoms with Crippen LogP contribution in [-0.2, 0) is 19.6 Å². The molecule has 0 radical (unpaired) electrons. The van der Waals surface area contributed by atoms with Crippen molar-refractivity contribution in [3.63, 3.8) is 0 Å². The molecule has 0 aromatic heterocycles. The summed E-state index contributed by atoms with van der Waals surface area (Å²) in [5.41, 5.74) is 0.698. The number of anilines is 1. The Kier molecular flexibility index (Phi) is 3.49. The Labute approximate surface area is 117 Å². The van der Waals surface area contributed by atoms with Gasteiger partial charge >= 0.3 is 0 Å². The number of morpholine rings is 1. The molecule has 1 amide bonds. The van der Waals surface area contributed by atoms with E-state index in [0.29, 0.717) is 18.8 Å². The SMILES string of the molecule is O=C1COCCN1c1ccc(S(=O)(=O)NC2CC2)cc1. The Morgan fingerprint density at radius 2 is 1.90 bits per heavy atom. The number of hydrogen-bond acceptors (Lipinski definition) is 4. The lowest BCUT2D eigenvalue weighted by Crippen LogP contribution is -2.41. The van der Waals surface area contributed by atoms with Crippen molar-refractivity contribution < 1.29 is 17.9 Å². The Morgan fingerprint density at radius 1 is 1.20 bits per heavy atom. The van der Waals surface area contributed by atoms with Crippen molar-refractivity contribution in [2.24, 2.45) is 0 Å². The van der Waals surface area contributed by atoms with Crippen LogP contribution in [0.25, 0.3) is 0 Å². The first kappa shape index (κ1) is 13.5. The predicted molar refractivity (Wildman–Crippen MR) is 73.0 cm³/mol. The molecule has 1 aromatic rings. The number of carbonyl (C=O) groups is 1. The van der Waals surface area contributed by atoms with Gasteiger partial charge in [0.15, 0.2) is 0 Å². The number of sulfonamides is 1. The number of carbonyl (C=O) groups excluding carboxylic acids is 1. The monoisotopic (exact) mass is 296 g/mol. The van der Waals surface area contributed by atoms with Gasteiger partial charge in [0.1, 0.15) is 6.61 Å². The topological polar surface area (TPSA) is 75.7 Å². The molecule has 1 aliphatic heterocycles. The van der Waals surface area contributed by atoms with Gasteiger partial charge in [0, 0.05) is 18.3 Å². The van der Waals surface area contributed by atoms with Crippen LogP contribution in [0.2, 0.25) is 0 Å². The zero-order chi connectivity index (χ0) is 14.2. The van der Waals surface area contributed by atoms with Gasteiger partial charge in [0.2, 0.25) is 10.0 Å². The molecule has 0 spiro atoms. The molecule has 1 aliphatic carbocycles. The molecule has 1 heterocycles. The highest BCUT2D eigenvalue weighted by Crippen LogP contribution is 2.24. The lowest BCUT2D eigenvalue weighted by atomic mass is 10.2. The van der Waals surface area contributed by atoms with Crippen molar-refractivity contribution in [1.29, 1.82) is 0 Å². The fraction of sp³-hybridized carbons (Fsp3) is 0.462. The van der Waals surface area contributed by atoms with Gasteiger partial charge < -0.3 is 9.64 Å². The van der Waals surface area contributed by atoms with Crippen molar-refractivity contribution in [2.45, 2.75) is 23.8 Å². The molecule has 1 aromatic carbocycles. The highest BCUT2D eigenvalue weighted by molar-refractivity contribution is 7.89. The van der Waals surface area contributed by atoms with Crippen LogP contribution < -0.4 is 9.62 Å². The summed E-state index contributed by atoms with van der Waals surface area (Å²) in [5, 5.41) is 0. The van der Waals surface area contributed by atoms with E-state index in [-0.39, 0.29) is 23.5 Å². The first-order chi connectivity index (χ1) is 9.56. The van der Waals surface area contributed by atoms with Crippen molar-refractivity contribution in [3.8, 4) is 0 Å². The summed E-state index contributed by atoms with van der Waals surface area (Å²) in [5.74, 6) is -0.108. The van der Waals surface area contributed by atoms with Crippen LogP contribution in [0.5, 0.6) is 0 Å². The fourth-order valence-corrected chi connectivity index (χ4v) is 3.39. The molecular formula is C13H16N2O4S. The van der Waals surface area contributed by atoms with Crippen molar-refractivity contribution in [1.82, 2.24) is 4.72 Å². The van der Waals surface area contributed by atoms with E-state index in [0.717, 1.165) is 12.8 Å². The van der Waals surface area contributed by atoms with E-state index in [1.165, 1.54) is 12.1 Å². The summed E-state index contributed by atoms with van der Waals surface area (Å²) >= 11 is 0. The number of ether oxygens (including phenoxy) is 1. The molecule has 3 rings (SSSR count). The molecule has 2 fully saturated rings. The molecule has 0 atom stereocenters. The molecule has 7 heteroatoms. The van der Waals surface area contributed by atoms with Gasteiger partial charge in [-0.15, -0.1) is 0 Å². The minimum Gasteiger partial charge on any atom is -0.370 e. The van der Waals surface area contributed by atoms with Gasteiger partial charge in [-0.3, -0.25) is 4.79 Å². The molecule has 20 heavy (non-hydrogen) atoms. The van der Waals surface area contributed by atoms with Crippen LogP contribution in [0.4, 0.5) is 5.69 Å². The van der Waals surface area contributed by atoms with E-state index in [9.17, 15) is 13.2 Å². The Morgan fingerprint density at radius 3 is 2.50 bits per heavy atom. The van der Waals surface area contributed by atoms with Crippen LogP contribution in [0.1, 0.15) is 12.8 Å². The summed E-state index contributed by atoms with van der Waals surface area (Å²) < 4.78 is 31.7. The molecule has 0 unspecified atom stereocenters. The van der Waals surface area contributed by atoms with Gasteiger partial charge in [-0.25, -0.2) is 13.1 Å². The van der Waals surface area contributed by atoms with Gasteiger partial charge in [0.05, 0.1) is 11.5 Å². The quantitative estimate of drug-likeness (QED) is 0.877. The van der Waals surface area contributed by atoms with Crippen LogP contribution in [-0.4, -0.2) is 40.1 Å². The molecule has 108 valence electrons. The van der Waals surface area contributed by atoms with Crippen LogP contribution >= 0.6 is 0 Å². The molecule has 1 saturated carbocycles. The average molecular weight is 296 g/mol. The number of hydrogen-bond donors (Lipinski definition) is 1. The lowest BCUT2D eigenvalue weighted by Gasteiger charge is -2.26. The minimum absolute atomic E-state index is 0.0727. The zero-order valence-corrected chi connectivity index (χ0v) is 11.7. The molecule has 6 nitrogen and oxygen atoms in total. The third-order valence-electron chi connectivity index (χ3n) is 3.34. The van der Waals surface area contributed by atoms with Crippen molar-refractivity contribution in [2.75, 3.05) is 24.7 Å². The van der Waals surface area contributed by atoms with E-state index in [1.807, 2.05) is 0 Å². The number of nitrogens with zero attached hydrogens (tertiary/aromatic N) is 1. The van der Waals surface area contributed by atoms with Gasteiger partial charge in [0.25, 0.3) is 5.91 Å². The lowest BCUT2D eigenvalue weighted by molar-refractivity contribution is -0.125. The zero-order valence-electron chi connectivity index (χ0n) is 10.9. The third-order valence-corrected chi connectivity index (χ3v) is 4.88. The highest BCUT2D eigenvalue weighted by Gasteiger charge is 2.28. The normalized spacial score (nSPS) is 20.2. The maximum absolute atomic E-state index is 12.0. The summed E-state index contributed by atoms with van der Waals surface area (Å²) in [4.78, 5) is 13.5. The second-order valence-electron chi connectivity index (χ2n) is 4.99. The largest absolute Gasteiger partial charge is 0.370 e. The molecule has 0 bridgehead atoms. The Hall–Kier alpha value is -1.44. The van der Waals surface area contributed by atoms with E-state index < -0.39 is 10.0 Å². The number of rotatable bonds is 4. The van der Waals surface area contributed by atoms with Crippen molar-refractivity contribution in [3.05, 3.63) is 24.3 Å². The molecular weight excluding hydrogens is 280 g/mol. The number of nitrogens with one attached hydrogen (secondary N) is 1. The van der Waals surface area contributed by atoms with Gasteiger partial charge in [-0.1, -0.05) is 0 Å². The van der Waals surface area contributed by atoms with Gasteiger partial charge in [-0.05, 0) is 37.1 Å². The predicted octanol–water partition coefficient (Wildman–Crippen LogP) is 0.490. The van der Waals surface area contributed by atoms with E-state index in [1.54, 1.807) is 17.0 Å². The molecule has 1 N–H and O–H groups in total. The summed E-state index contributed by atoms with van der Waals surface area (Å²) in [7, 11) is -3.44. The molecule has 2 aliphatic rings. The standard InChI is InChI=1S/C13H16N2O4S/c16-13-9-19-8-7-15(13)11-3-5-12(6-4-11)20(17,18)14-10-1-2-10/h3-6,10,14H,1-2,7-9H2. The van der Waals surface area contributed by atoms with Crippen LogP contribution in [0.3, 0.4) is 0 Å². The van der Waals surface area contributed by atoms with Gasteiger partial charge in [-0.2, -0.15) is 0 Å². The van der Waals surface area contributed by atoms with E-state index in [2.05, 4.69) is 4.72 Å². The van der Waals surface area contributed by atoms with Crippen LogP contribution in [0, 0.1) is 0 Å². The highest BCUT2D eigenvalue weighted by atomic mass is 32.2. The van der Waals surface area contributed by atoms with E-state index >= 15 is 0 Å². The smallest absolute Gasteiger partial charge is 0.253 e. The maximum Gasteiger partial charge on any atom is 0.253 e. The summed E-state index contributed by atoms with van der Waals surface area (Å²) in [6, 6.07) is 6.46. The first-order valence-electron chi connectivity index (χ1n) is 6.57. The fourth-order valence-electron chi connectivity index (χ4n) is 2.08. The first-order valence-corrected chi connectivity index (χ1v) is 8.05. The minimum atomic E-state index is -3.44. The third kappa shape index (κ3) is 2.84. The Balaban J connectivity index is 1.78. The average Bonchev–Trinajstić information content (AvgIpc) is 3.23. The Bertz CT molecular complexity index is 608. The number of benzene rings is 1. The summed E-state index contributed by atoms with van der Waals surface area (Å²) in [6.45, 7) is 1.06. The summed E-state index contributed by atoms with van der Waals surface area (Å²) in [6.07, 6.45) is 1.80. The second kappa shape index (κ2) is 5.16.